The number of anilines is 2. The van der Waals surface area contributed by atoms with Gasteiger partial charge in [-0.3, -0.25) is 15.5 Å². The molecule has 3 rings (SSSR count). The highest BCUT2D eigenvalue weighted by Gasteiger charge is 2.17. The molecule has 2 aromatic carbocycles. The van der Waals surface area contributed by atoms with Crippen LogP contribution < -0.4 is 10.3 Å². The van der Waals surface area contributed by atoms with Crippen molar-refractivity contribution in [3.63, 3.8) is 0 Å². The maximum atomic E-state index is 11.2. The van der Waals surface area contributed by atoms with Crippen LogP contribution in [0.1, 0.15) is 5.56 Å². The van der Waals surface area contributed by atoms with Gasteiger partial charge in [-0.25, -0.2) is 0 Å². The topological polar surface area (TPSA) is 80.0 Å². The standard InChI is InChI=1S/C17H18N4O3/c22-21(23)17-7-6-16(20-8-10-24-11-9-20)12-14(17)13-18-19-15-4-2-1-3-5-15/h1-7,12-13,19H,8-11H2. The largest absolute Gasteiger partial charge is 0.378 e. The number of hydrogen-bond acceptors (Lipinski definition) is 6. The van der Waals surface area contributed by atoms with Crippen LogP contribution in [0.2, 0.25) is 0 Å². The van der Waals surface area contributed by atoms with Gasteiger partial charge in [0.15, 0.2) is 0 Å². The second-order valence-corrected chi connectivity index (χ2v) is 5.34. The molecule has 1 aliphatic rings. The Morgan fingerprint density at radius 2 is 1.92 bits per heavy atom. The molecule has 0 aliphatic carbocycles. The van der Waals surface area contributed by atoms with Crippen LogP contribution in [0.5, 0.6) is 0 Å². The SMILES string of the molecule is O=[N+]([O-])c1ccc(N2CCOCC2)cc1C=NNc1ccccc1. The van der Waals surface area contributed by atoms with E-state index in [9.17, 15) is 10.1 Å². The highest BCUT2D eigenvalue weighted by Crippen LogP contribution is 2.24. The summed E-state index contributed by atoms with van der Waals surface area (Å²) in [7, 11) is 0. The fraction of sp³-hybridized carbons (Fsp3) is 0.235. The molecule has 0 radical (unpaired) electrons. The van der Waals surface area contributed by atoms with Gasteiger partial charge >= 0.3 is 0 Å². The second kappa shape index (κ2) is 7.56. The fourth-order valence-electron chi connectivity index (χ4n) is 2.52. The fourth-order valence-corrected chi connectivity index (χ4v) is 2.52. The van der Waals surface area contributed by atoms with E-state index < -0.39 is 4.92 Å². The maximum absolute atomic E-state index is 11.2. The van der Waals surface area contributed by atoms with Crippen molar-refractivity contribution in [3.8, 4) is 0 Å². The maximum Gasteiger partial charge on any atom is 0.278 e. The van der Waals surface area contributed by atoms with Crippen molar-refractivity contribution >= 4 is 23.3 Å². The molecule has 7 heteroatoms. The number of para-hydroxylation sites is 1. The van der Waals surface area contributed by atoms with Crippen molar-refractivity contribution in [2.75, 3.05) is 36.6 Å². The summed E-state index contributed by atoms with van der Waals surface area (Å²) < 4.78 is 5.34. The summed E-state index contributed by atoms with van der Waals surface area (Å²) in [4.78, 5) is 13.0. The minimum atomic E-state index is -0.396. The van der Waals surface area contributed by atoms with Gasteiger partial charge in [0.2, 0.25) is 0 Å². The monoisotopic (exact) mass is 326 g/mol. The van der Waals surface area contributed by atoms with Crippen LogP contribution >= 0.6 is 0 Å². The first-order chi connectivity index (χ1) is 11.7. The van der Waals surface area contributed by atoms with Crippen molar-refractivity contribution in [2.24, 2.45) is 5.10 Å². The molecule has 1 aliphatic heterocycles. The van der Waals surface area contributed by atoms with Crippen molar-refractivity contribution in [1.82, 2.24) is 0 Å². The smallest absolute Gasteiger partial charge is 0.278 e. The summed E-state index contributed by atoms with van der Waals surface area (Å²) in [6.07, 6.45) is 1.48. The zero-order valence-corrected chi connectivity index (χ0v) is 13.1. The molecular weight excluding hydrogens is 308 g/mol. The highest BCUT2D eigenvalue weighted by molar-refractivity contribution is 5.87. The molecule has 1 N–H and O–H groups in total. The Hall–Kier alpha value is -2.93. The molecule has 124 valence electrons. The summed E-state index contributed by atoms with van der Waals surface area (Å²) in [5, 5.41) is 15.4. The normalized spacial score (nSPS) is 14.8. The average molecular weight is 326 g/mol. The van der Waals surface area contributed by atoms with Crippen LogP contribution in [0.15, 0.2) is 53.6 Å². The van der Waals surface area contributed by atoms with E-state index in [0.29, 0.717) is 18.8 Å². The molecule has 0 bridgehead atoms. The molecule has 0 aromatic heterocycles. The summed E-state index contributed by atoms with van der Waals surface area (Å²) in [5.74, 6) is 0. The molecule has 7 nitrogen and oxygen atoms in total. The second-order valence-electron chi connectivity index (χ2n) is 5.34. The van der Waals surface area contributed by atoms with E-state index in [1.807, 2.05) is 30.3 Å². The van der Waals surface area contributed by atoms with E-state index in [0.717, 1.165) is 24.5 Å². The average Bonchev–Trinajstić information content (AvgIpc) is 2.63. The van der Waals surface area contributed by atoms with Gasteiger partial charge in [0.05, 0.1) is 35.6 Å². The number of hydrazone groups is 1. The highest BCUT2D eigenvalue weighted by atomic mass is 16.6. The molecule has 0 amide bonds. The predicted octanol–water partition coefficient (Wildman–Crippen LogP) is 2.88. The Labute approximate surface area is 139 Å². The van der Waals surface area contributed by atoms with Crippen molar-refractivity contribution in [3.05, 3.63) is 64.2 Å². The van der Waals surface area contributed by atoms with Gasteiger partial charge in [0.1, 0.15) is 0 Å². The van der Waals surface area contributed by atoms with Gasteiger partial charge in [-0.15, -0.1) is 0 Å². The lowest BCUT2D eigenvalue weighted by Gasteiger charge is -2.28. The quantitative estimate of drug-likeness (QED) is 0.519. The number of hydrogen-bond donors (Lipinski definition) is 1. The van der Waals surface area contributed by atoms with E-state index in [-0.39, 0.29) is 5.69 Å². The van der Waals surface area contributed by atoms with Crippen molar-refractivity contribution in [1.29, 1.82) is 0 Å². The number of nitrogens with one attached hydrogen (secondary N) is 1. The number of rotatable bonds is 5. The van der Waals surface area contributed by atoms with Crippen LogP contribution in [-0.4, -0.2) is 37.4 Å². The molecule has 0 saturated carbocycles. The molecule has 0 atom stereocenters. The lowest BCUT2D eigenvalue weighted by molar-refractivity contribution is -0.385. The number of benzene rings is 2. The number of nitro benzene ring substituents is 1. The Morgan fingerprint density at radius 1 is 1.17 bits per heavy atom. The lowest BCUT2D eigenvalue weighted by atomic mass is 10.1. The van der Waals surface area contributed by atoms with E-state index >= 15 is 0 Å². The van der Waals surface area contributed by atoms with E-state index in [2.05, 4.69) is 15.4 Å². The zero-order valence-electron chi connectivity index (χ0n) is 13.1. The third-order valence-electron chi connectivity index (χ3n) is 3.76. The van der Waals surface area contributed by atoms with Crippen LogP contribution in [-0.2, 0) is 4.74 Å². The molecule has 0 spiro atoms. The Balaban J connectivity index is 1.81. The Morgan fingerprint density at radius 3 is 2.62 bits per heavy atom. The van der Waals surface area contributed by atoms with Crippen LogP contribution in [0.25, 0.3) is 0 Å². The molecule has 0 unspecified atom stereocenters. The van der Waals surface area contributed by atoms with Gasteiger partial charge in [-0.2, -0.15) is 5.10 Å². The minimum absolute atomic E-state index is 0.0330. The first-order valence-electron chi connectivity index (χ1n) is 7.69. The number of nitrogens with zero attached hydrogens (tertiary/aromatic N) is 3. The van der Waals surface area contributed by atoms with Gasteiger partial charge in [0, 0.05) is 24.8 Å². The van der Waals surface area contributed by atoms with Crippen molar-refractivity contribution < 1.29 is 9.66 Å². The molecule has 2 aromatic rings. The Kier molecular flexibility index (Phi) is 5.02. The number of ether oxygens (including phenoxy) is 1. The van der Waals surface area contributed by atoms with Crippen LogP contribution in [0.3, 0.4) is 0 Å². The molecule has 1 saturated heterocycles. The van der Waals surface area contributed by atoms with Crippen LogP contribution in [0, 0.1) is 10.1 Å². The lowest BCUT2D eigenvalue weighted by Crippen LogP contribution is -2.36. The van der Waals surface area contributed by atoms with E-state index in [1.54, 1.807) is 12.1 Å². The summed E-state index contributed by atoms with van der Waals surface area (Å²) in [5.41, 5.74) is 5.13. The first-order valence-corrected chi connectivity index (χ1v) is 7.69. The predicted molar refractivity (Wildman–Crippen MR) is 93.8 cm³/mol. The van der Waals surface area contributed by atoms with Gasteiger partial charge in [0.25, 0.3) is 5.69 Å². The first kappa shape index (κ1) is 15.9. The summed E-state index contributed by atoms with van der Waals surface area (Å²) in [6.45, 7) is 2.87. The number of nitro groups is 1. The summed E-state index contributed by atoms with van der Waals surface area (Å²) in [6, 6.07) is 14.5. The zero-order chi connectivity index (χ0) is 16.8. The van der Waals surface area contributed by atoms with Gasteiger partial charge < -0.3 is 9.64 Å². The molecule has 24 heavy (non-hydrogen) atoms. The minimum Gasteiger partial charge on any atom is -0.378 e. The third kappa shape index (κ3) is 3.88. The third-order valence-corrected chi connectivity index (χ3v) is 3.76. The van der Waals surface area contributed by atoms with E-state index in [4.69, 9.17) is 4.74 Å². The molecule has 1 heterocycles. The molecule has 1 fully saturated rings. The number of morpholine rings is 1. The summed E-state index contributed by atoms with van der Waals surface area (Å²) >= 11 is 0. The van der Waals surface area contributed by atoms with E-state index in [1.165, 1.54) is 12.3 Å². The van der Waals surface area contributed by atoms with Crippen LogP contribution in [0.4, 0.5) is 17.1 Å². The van der Waals surface area contributed by atoms with Gasteiger partial charge in [-0.05, 0) is 24.3 Å². The molecular formula is C17H18N4O3. The van der Waals surface area contributed by atoms with Crippen molar-refractivity contribution in [2.45, 2.75) is 0 Å². The van der Waals surface area contributed by atoms with Gasteiger partial charge in [-0.1, -0.05) is 18.2 Å². The Bertz CT molecular complexity index is 728.